The fraction of sp³-hybridized carbons (Fsp3) is 0.600. The first-order chi connectivity index (χ1) is 5.79. The van der Waals surface area contributed by atoms with E-state index in [9.17, 15) is 9.90 Å². The van der Waals surface area contributed by atoms with Gasteiger partial charge in [-0.1, -0.05) is 26.2 Å². The van der Waals surface area contributed by atoms with Crippen molar-refractivity contribution in [3.8, 4) is 0 Å². The van der Waals surface area contributed by atoms with Crippen LogP contribution in [0.4, 0.5) is 0 Å². The van der Waals surface area contributed by atoms with Crippen LogP contribution in [0.2, 0.25) is 19.6 Å². The van der Waals surface area contributed by atoms with Crippen molar-refractivity contribution < 1.29 is 9.90 Å². The number of hydrogen-bond acceptors (Lipinski definition) is 2. The fourth-order valence-electron chi connectivity index (χ4n) is 1.26. The Balaban J connectivity index is 4.63. The van der Waals surface area contributed by atoms with Gasteiger partial charge in [0, 0.05) is 6.42 Å². The highest BCUT2D eigenvalue weighted by molar-refractivity contribution is 6.83. The molecule has 0 aliphatic heterocycles. The van der Waals surface area contributed by atoms with E-state index in [1.54, 1.807) is 0 Å². The standard InChI is InChI=1S/C10H18O2Si/c1-6-10(13(3,4)5)9(12)7-8(2)11/h9,12H,1,7H2,2-5H3. The molecule has 0 aromatic rings. The van der Waals surface area contributed by atoms with Crippen molar-refractivity contribution in [2.24, 2.45) is 0 Å². The van der Waals surface area contributed by atoms with Crippen molar-refractivity contribution in [1.29, 1.82) is 0 Å². The first-order valence-corrected chi connectivity index (χ1v) is 7.87. The number of hydrogen-bond donors (Lipinski definition) is 1. The molecule has 0 bridgehead atoms. The summed E-state index contributed by atoms with van der Waals surface area (Å²) in [6.45, 7) is 11.3. The lowest BCUT2D eigenvalue weighted by atomic mass is 10.2. The second-order valence-corrected chi connectivity index (χ2v) is 9.30. The van der Waals surface area contributed by atoms with Crippen LogP contribution in [0.15, 0.2) is 17.5 Å². The summed E-state index contributed by atoms with van der Waals surface area (Å²) in [4.78, 5) is 10.8. The Morgan fingerprint density at radius 1 is 1.54 bits per heavy atom. The van der Waals surface area contributed by atoms with Crippen LogP contribution in [0.3, 0.4) is 0 Å². The highest BCUT2D eigenvalue weighted by Gasteiger charge is 2.26. The van der Waals surface area contributed by atoms with Crippen molar-refractivity contribution in [3.63, 3.8) is 0 Å². The zero-order valence-electron chi connectivity index (χ0n) is 8.85. The lowest BCUT2D eigenvalue weighted by Crippen LogP contribution is -2.32. The molecule has 74 valence electrons. The quantitative estimate of drug-likeness (QED) is 0.553. The Labute approximate surface area is 81.0 Å². The molecule has 13 heavy (non-hydrogen) atoms. The van der Waals surface area contributed by atoms with Crippen LogP contribution in [-0.2, 0) is 4.79 Å². The van der Waals surface area contributed by atoms with Gasteiger partial charge in [-0.25, -0.2) is 0 Å². The Kier molecular flexibility index (Phi) is 4.34. The molecule has 0 aromatic heterocycles. The number of ketones is 1. The molecule has 0 radical (unpaired) electrons. The molecule has 0 spiro atoms. The fourth-order valence-corrected chi connectivity index (χ4v) is 2.89. The molecule has 1 atom stereocenters. The van der Waals surface area contributed by atoms with Crippen LogP contribution in [0, 0.1) is 0 Å². The Hall–Kier alpha value is -0.633. The molecule has 0 saturated carbocycles. The number of carbonyl (C=O) groups is 1. The maximum Gasteiger partial charge on any atom is 0.132 e. The first-order valence-electron chi connectivity index (χ1n) is 4.37. The van der Waals surface area contributed by atoms with E-state index in [-0.39, 0.29) is 12.2 Å². The van der Waals surface area contributed by atoms with Gasteiger partial charge in [0.2, 0.25) is 0 Å². The van der Waals surface area contributed by atoms with E-state index in [4.69, 9.17) is 0 Å². The normalized spacial score (nSPS) is 13.3. The molecule has 0 aromatic carbocycles. The van der Waals surface area contributed by atoms with E-state index in [2.05, 4.69) is 32.0 Å². The molecular weight excluding hydrogens is 180 g/mol. The van der Waals surface area contributed by atoms with E-state index >= 15 is 0 Å². The van der Waals surface area contributed by atoms with E-state index in [0.717, 1.165) is 5.20 Å². The van der Waals surface area contributed by atoms with E-state index in [1.807, 2.05) is 0 Å². The molecule has 0 amide bonds. The zero-order chi connectivity index (χ0) is 10.6. The van der Waals surface area contributed by atoms with Gasteiger partial charge in [0.1, 0.15) is 5.78 Å². The van der Waals surface area contributed by atoms with Gasteiger partial charge in [0.15, 0.2) is 0 Å². The van der Waals surface area contributed by atoms with Crippen LogP contribution < -0.4 is 0 Å². The largest absolute Gasteiger partial charge is 0.388 e. The number of aliphatic hydroxyl groups excluding tert-OH is 1. The number of carbonyl (C=O) groups excluding carboxylic acids is 1. The Morgan fingerprint density at radius 2 is 2.00 bits per heavy atom. The molecule has 0 heterocycles. The zero-order valence-corrected chi connectivity index (χ0v) is 9.85. The molecular formula is C10H18O2Si. The summed E-state index contributed by atoms with van der Waals surface area (Å²) in [5.41, 5.74) is 2.77. The number of Topliss-reactive ketones (excluding diaryl/α,β-unsaturated/α-hetero) is 1. The predicted octanol–water partition coefficient (Wildman–Crippen LogP) is 1.92. The van der Waals surface area contributed by atoms with Gasteiger partial charge in [0.05, 0.1) is 14.2 Å². The van der Waals surface area contributed by atoms with Gasteiger partial charge in [0.25, 0.3) is 0 Å². The lowest BCUT2D eigenvalue weighted by Gasteiger charge is -2.22. The minimum atomic E-state index is -1.58. The third kappa shape index (κ3) is 4.22. The smallest absolute Gasteiger partial charge is 0.132 e. The van der Waals surface area contributed by atoms with Gasteiger partial charge in [-0.3, -0.25) is 4.79 Å². The molecule has 0 aliphatic carbocycles. The Morgan fingerprint density at radius 3 is 2.23 bits per heavy atom. The molecule has 0 rings (SSSR count). The summed E-state index contributed by atoms with van der Waals surface area (Å²) in [7, 11) is -1.58. The van der Waals surface area contributed by atoms with Crippen LogP contribution in [0.1, 0.15) is 13.3 Å². The molecule has 0 fully saturated rings. The van der Waals surface area contributed by atoms with Crippen molar-refractivity contribution >= 4 is 13.9 Å². The van der Waals surface area contributed by atoms with Gasteiger partial charge >= 0.3 is 0 Å². The summed E-state index contributed by atoms with van der Waals surface area (Å²) in [6, 6.07) is 0. The van der Waals surface area contributed by atoms with Gasteiger partial charge in [-0.15, -0.1) is 5.73 Å². The average Bonchev–Trinajstić information content (AvgIpc) is 1.82. The molecule has 0 aliphatic rings. The molecule has 2 nitrogen and oxygen atoms in total. The van der Waals surface area contributed by atoms with E-state index in [0.29, 0.717) is 0 Å². The highest BCUT2D eigenvalue weighted by Crippen LogP contribution is 2.18. The van der Waals surface area contributed by atoms with Gasteiger partial charge in [-0.2, -0.15) is 0 Å². The topological polar surface area (TPSA) is 37.3 Å². The third-order valence-electron chi connectivity index (χ3n) is 1.81. The van der Waals surface area contributed by atoms with Crippen molar-refractivity contribution in [1.82, 2.24) is 0 Å². The summed E-state index contributed by atoms with van der Waals surface area (Å²) < 4.78 is 0. The summed E-state index contributed by atoms with van der Waals surface area (Å²) in [6.07, 6.45) is -0.496. The minimum absolute atomic E-state index is 0.00139. The average molecular weight is 198 g/mol. The van der Waals surface area contributed by atoms with Crippen LogP contribution in [-0.4, -0.2) is 25.1 Å². The van der Waals surface area contributed by atoms with E-state index < -0.39 is 14.2 Å². The second-order valence-electron chi connectivity index (χ2n) is 4.26. The lowest BCUT2D eigenvalue weighted by molar-refractivity contribution is -0.118. The molecule has 1 N–H and O–H groups in total. The number of aliphatic hydroxyl groups is 1. The molecule has 0 saturated heterocycles. The summed E-state index contributed by atoms with van der Waals surface area (Å²) in [5, 5.41) is 10.5. The monoisotopic (exact) mass is 198 g/mol. The maximum atomic E-state index is 10.8. The van der Waals surface area contributed by atoms with E-state index in [1.165, 1.54) is 6.92 Å². The van der Waals surface area contributed by atoms with Crippen molar-refractivity contribution in [3.05, 3.63) is 17.5 Å². The van der Waals surface area contributed by atoms with Crippen LogP contribution in [0.5, 0.6) is 0 Å². The Bertz CT molecular complexity index is 244. The van der Waals surface area contributed by atoms with Crippen molar-refractivity contribution in [2.75, 3.05) is 0 Å². The summed E-state index contributed by atoms with van der Waals surface area (Å²) >= 11 is 0. The SMILES string of the molecule is C=C=C(C(O)CC(C)=O)[Si](C)(C)C. The van der Waals surface area contributed by atoms with Crippen LogP contribution in [0.25, 0.3) is 0 Å². The predicted molar refractivity (Wildman–Crippen MR) is 57.3 cm³/mol. The molecule has 1 unspecified atom stereocenters. The van der Waals surface area contributed by atoms with Gasteiger partial charge < -0.3 is 5.11 Å². The van der Waals surface area contributed by atoms with Gasteiger partial charge in [-0.05, 0) is 12.1 Å². The third-order valence-corrected chi connectivity index (χ3v) is 3.94. The van der Waals surface area contributed by atoms with Crippen LogP contribution >= 0.6 is 0 Å². The first kappa shape index (κ1) is 12.4. The maximum absolute atomic E-state index is 10.8. The summed E-state index contributed by atoms with van der Waals surface area (Å²) in [5.74, 6) is -0.00139. The minimum Gasteiger partial charge on any atom is -0.388 e. The molecule has 3 heteroatoms. The van der Waals surface area contributed by atoms with Crippen molar-refractivity contribution in [2.45, 2.75) is 39.1 Å². The second kappa shape index (κ2) is 4.56. The number of rotatable bonds is 4. The highest BCUT2D eigenvalue weighted by atomic mass is 28.3.